The third-order valence-corrected chi connectivity index (χ3v) is 5.09. The predicted molar refractivity (Wildman–Crippen MR) is 93.0 cm³/mol. The molecule has 1 fully saturated rings. The molecule has 1 atom stereocenters. The van der Waals surface area contributed by atoms with Crippen LogP contribution in [0.4, 0.5) is 0 Å². The molecule has 0 aromatic carbocycles. The Hall–Kier alpha value is -1.99. The summed E-state index contributed by atoms with van der Waals surface area (Å²) >= 11 is 1.60. The SMILES string of the molecule is Cc1ncsc1CN(C[C@@H]1CCNC1)C(=O)COc1cccnc1. The van der Waals surface area contributed by atoms with E-state index in [-0.39, 0.29) is 12.5 Å². The standard InChI is InChI=1S/C17H22N4O2S/c1-13-16(24-12-20-13)10-21(9-14-4-6-19-7-14)17(22)11-23-15-3-2-5-18-8-15/h2-3,5,8,12,14,19H,4,6-7,9-11H2,1H3/t14-/m1/s1. The van der Waals surface area contributed by atoms with Crippen molar-refractivity contribution in [2.24, 2.45) is 5.92 Å². The van der Waals surface area contributed by atoms with Gasteiger partial charge in [0, 0.05) is 17.6 Å². The smallest absolute Gasteiger partial charge is 0.260 e. The van der Waals surface area contributed by atoms with Crippen molar-refractivity contribution in [3.8, 4) is 5.75 Å². The van der Waals surface area contributed by atoms with Gasteiger partial charge < -0.3 is 15.0 Å². The number of aromatic nitrogens is 2. The van der Waals surface area contributed by atoms with Crippen molar-refractivity contribution >= 4 is 17.2 Å². The van der Waals surface area contributed by atoms with E-state index in [1.165, 1.54) is 0 Å². The fourth-order valence-electron chi connectivity index (χ4n) is 2.76. The number of rotatable bonds is 7. The van der Waals surface area contributed by atoms with Crippen LogP contribution >= 0.6 is 11.3 Å². The third-order valence-electron chi connectivity index (χ3n) is 4.17. The molecule has 0 bridgehead atoms. The number of nitrogens with zero attached hydrogens (tertiary/aromatic N) is 3. The highest BCUT2D eigenvalue weighted by atomic mass is 32.1. The highest BCUT2D eigenvalue weighted by Crippen LogP contribution is 2.18. The number of hydrogen-bond acceptors (Lipinski definition) is 6. The lowest BCUT2D eigenvalue weighted by atomic mass is 10.1. The molecule has 1 aliphatic rings. The molecule has 6 nitrogen and oxygen atoms in total. The summed E-state index contributed by atoms with van der Waals surface area (Å²) in [5.74, 6) is 1.11. The predicted octanol–water partition coefficient (Wildman–Crippen LogP) is 1.86. The highest BCUT2D eigenvalue weighted by molar-refractivity contribution is 7.09. The second kappa shape index (κ2) is 8.21. The van der Waals surface area contributed by atoms with Crippen LogP contribution in [-0.2, 0) is 11.3 Å². The number of hydrogen-bond donors (Lipinski definition) is 1. The van der Waals surface area contributed by atoms with Crippen LogP contribution in [0, 0.1) is 12.8 Å². The van der Waals surface area contributed by atoms with Crippen molar-refractivity contribution in [2.75, 3.05) is 26.2 Å². The van der Waals surface area contributed by atoms with Crippen molar-refractivity contribution in [1.29, 1.82) is 0 Å². The minimum absolute atomic E-state index is 0.00134. The molecular formula is C17H22N4O2S. The van der Waals surface area contributed by atoms with E-state index in [4.69, 9.17) is 4.74 Å². The van der Waals surface area contributed by atoms with E-state index in [1.54, 1.807) is 35.9 Å². The largest absolute Gasteiger partial charge is 0.482 e. The molecule has 0 radical (unpaired) electrons. The first kappa shape index (κ1) is 16.9. The molecule has 1 amide bonds. The highest BCUT2D eigenvalue weighted by Gasteiger charge is 2.23. The molecule has 3 heterocycles. The number of aryl methyl sites for hydroxylation is 1. The van der Waals surface area contributed by atoms with Gasteiger partial charge in [0.2, 0.25) is 0 Å². The lowest BCUT2D eigenvalue weighted by Crippen LogP contribution is -2.38. The van der Waals surface area contributed by atoms with Crippen molar-refractivity contribution < 1.29 is 9.53 Å². The van der Waals surface area contributed by atoms with Crippen LogP contribution in [0.3, 0.4) is 0 Å². The molecule has 7 heteroatoms. The summed E-state index contributed by atoms with van der Waals surface area (Å²) in [6.45, 7) is 5.36. The van der Waals surface area contributed by atoms with E-state index >= 15 is 0 Å². The van der Waals surface area contributed by atoms with Gasteiger partial charge in [-0.15, -0.1) is 11.3 Å². The summed E-state index contributed by atoms with van der Waals surface area (Å²) in [5.41, 5.74) is 2.83. The quantitative estimate of drug-likeness (QED) is 0.829. The fraction of sp³-hybridized carbons (Fsp3) is 0.471. The van der Waals surface area contributed by atoms with E-state index in [2.05, 4.69) is 15.3 Å². The van der Waals surface area contributed by atoms with Gasteiger partial charge in [-0.3, -0.25) is 9.78 Å². The Kier molecular flexibility index (Phi) is 5.77. The van der Waals surface area contributed by atoms with E-state index in [0.29, 0.717) is 18.2 Å². The molecule has 1 N–H and O–H groups in total. The van der Waals surface area contributed by atoms with Crippen LogP contribution in [0.15, 0.2) is 30.0 Å². The van der Waals surface area contributed by atoms with Crippen molar-refractivity contribution in [2.45, 2.75) is 19.9 Å². The van der Waals surface area contributed by atoms with Gasteiger partial charge in [-0.2, -0.15) is 0 Å². The summed E-state index contributed by atoms with van der Waals surface area (Å²) in [5, 5.41) is 3.36. The first-order valence-electron chi connectivity index (χ1n) is 8.12. The summed E-state index contributed by atoms with van der Waals surface area (Å²) in [6, 6.07) is 3.60. The normalized spacial score (nSPS) is 17.0. The second-order valence-electron chi connectivity index (χ2n) is 5.97. The molecule has 2 aromatic rings. The van der Waals surface area contributed by atoms with Crippen LogP contribution in [0.2, 0.25) is 0 Å². The van der Waals surface area contributed by atoms with E-state index in [1.807, 2.05) is 17.3 Å². The van der Waals surface area contributed by atoms with Crippen LogP contribution in [-0.4, -0.2) is 47.0 Å². The Morgan fingerprint density at radius 2 is 2.46 bits per heavy atom. The van der Waals surface area contributed by atoms with Crippen LogP contribution in [0.5, 0.6) is 5.75 Å². The Morgan fingerprint density at radius 1 is 1.54 bits per heavy atom. The number of carbonyl (C=O) groups excluding carboxylic acids is 1. The second-order valence-corrected chi connectivity index (χ2v) is 6.91. The Labute approximate surface area is 145 Å². The molecule has 1 saturated heterocycles. The van der Waals surface area contributed by atoms with E-state index < -0.39 is 0 Å². The van der Waals surface area contributed by atoms with Gasteiger partial charge in [0.15, 0.2) is 6.61 Å². The molecule has 0 unspecified atom stereocenters. The Morgan fingerprint density at radius 3 is 3.12 bits per heavy atom. The maximum Gasteiger partial charge on any atom is 0.260 e. The first-order chi connectivity index (χ1) is 11.7. The number of thiazole rings is 1. The zero-order valence-electron chi connectivity index (χ0n) is 13.8. The monoisotopic (exact) mass is 346 g/mol. The lowest BCUT2D eigenvalue weighted by Gasteiger charge is -2.25. The van der Waals surface area contributed by atoms with E-state index in [9.17, 15) is 4.79 Å². The van der Waals surface area contributed by atoms with Gasteiger partial charge in [0.05, 0.1) is 23.9 Å². The van der Waals surface area contributed by atoms with E-state index in [0.717, 1.165) is 36.6 Å². The number of pyridine rings is 1. The topological polar surface area (TPSA) is 67.4 Å². The number of amides is 1. The van der Waals surface area contributed by atoms with Crippen molar-refractivity contribution in [3.05, 3.63) is 40.6 Å². The number of ether oxygens (including phenoxy) is 1. The molecule has 0 spiro atoms. The lowest BCUT2D eigenvalue weighted by molar-refractivity contribution is -0.134. The molecule has 0 aliphatic carbocycles. The average molecular weight is 346 g/mol. The molecule has 2 aromatic heterocycles. The van der Waals surface area contributed by atoms with Gasteiger partial charge in [-0.25, -0.2) is 4.98 Å². The zero-order chi connectivity index (χ0) is 16.8. The third kappa shape index (κ3) is 4.52. The summed E-state index contributed by atoms with van der Waals surface area (Å²) < 4.78 is 5.58. The van der Waals surface area contributed by atoms with Crippen molar-refractivity contribution in [3.63, 3.8) is 0 Å². The van der Waals surface area contributed by atoms with Gasteiger partial charge >= 0.3 is 0 Å². The van der Waals surface area contributed by atoms with Gasteiger partial charge in [0.25, 0.3) is 5.91 Å². The average Bonchev–Trinajstić information content (AvgIpc) is 3.25. The number of carbonyl (C=O) groups is 1. The minimum Gasteiger partial charge on any atom is -0.482 e. The Bertz CT molecular complexity index is 656. The molecular weight excluding hydrogens is 324 g/mol. The summed E-state index contributed by atoms with van der Waals surface area (Å²) in [6.07, 6.45) is 4.40. The summed E-state index contributed by atoms with van der Waals surface area (Å²) in [4.78, 5) is 24.0. The molecule has 24 heavy (non-hydrogen) atoms. The maximum atomic E-state index is 12.7. The molecule has 3 rings (SSSR count). The maximum absolute atomic E-state index is 12.7. The molecule has 1 aliphatic heterocycles. The fourth-order valence-corrected chi connectivity index (χ4v) is 3.55. The molecule has 0 saturated carbocycles. The van der Waals surface area contributed by atoms with Gasteiger partial charge in [-0.1, -0.05) is 0 Å². The number of nitrogens with one attached hydrogen (secondary N) is 1. The first-order valence-corrected chi connectivity index (χ1v) is 9.00. The van der Waals surface area contributed by atoms with Crippen molar-refractivity contribution in [1.82, 2.24) is 20.2 Å². The minimum atomic E-state index is -0.00134. The van der Waals surface area contributed by atoms with Gasteiger partial charge in [-0.05, 0) is 44.5 Å². The van der Waals surface area contributed by atoms with Crippen LogP contribution in [0.1, 0.15) is 17.0 Å². The zero-order valence-corrected chi connectivity index (χ0v) is 14.6. The van der Waals surface area contributed by atoms with Crippen LogP contribution in [0.25, 0.3) is 0 Å². The summed E-state index contributed by atoms with van der Waals surface area (Å²) in [7, 11) is 0. The van der Waals surface area contributed by atoms with Crippen LogP contribution < -0.4 is 10.1 Å². The Balaban J connectivity index is 1.63. The molecule has 128 valence electrons. The van der Waals surface area contributed by atoms with Gasteiger partial charge in [0.1, 0.15) is 5.75 Å².